The number of aliphatic hydroxyl groups excluding tert-OH is 2. The van der Waals surface area contributed by atoms with Gasteiger partial charge in [-0.05, 0) is 38.1 Å². The summed E-state index contributed by atoms with van der Waals surface area (Å²) in [5.41, 5.74) is 1.47. The number of hydrogen-bond donors (Lipinski definition) is 4. The molecule has 1 heterocycles. The second-order valence-corrected chi connectivity index (χ2v) is 7.27. The molecule has 150 valence electrons. The Labute approximate surface area is 159 Å². The largest absolute Gasteiger partial charge is 0.388 e. The first-order valence-electron chi connectivity index (χ1n) is 9.05. The van der Waals surface area contributed by atoms with Crippen LogP contribution in [-0.4, -0.2) is 73.1 Å². The van der Waals surface area contributed by atoms with Gasteiger partial charge in [0.15, 0.2) is 0 Å². The van der Waals surface area contributed by atoms with E-state index in [4.69, 9.17) is 4.74 Å². The SMILES string of the molecule is CC(C)NC(=O)C[C@@H]1O[C@H](CNC(=O)c2ccc(N(C)C)cc2)[C@@H](O)[C@H]1O. The molecule has 0 aromatic heterocycles. The molecule has 0 aliphatic carbocycles. The molecule has 1 aliphatic heterocycles. The molecule has 0 unspecified atom stereocenters. The van der Waals surface area contributed by atoms with E-state index >= 15 is 0 Å². The van der Waals surface area contributed by atoms with Gasteiger partial charge in [-0.25, -0.2) is 0 Å². The number of carbonyl (C=O) groups is 2. The zero-order valence-corrected chi connectivity index (χ0v) is 16.2. The minimum atomic E-state index is -1.18. The maximum absolute atomic E-state index is 12.3. The predicted octanol–water partition coefficient (Wildman–Crippen LogP) is -0.114. The number of anilines is 1. The number of rotatable bonds is 7. The van der Waals surface area contributed by atoms with Crippen LogP contribution < -0.4 is 15.5 Å². The van der Waals surface area contributed by atoms with Gasteiger partial charge < -0.3 is 30.5 Å². The fraction of sp³-hybridized carbons (Fsp3) is 0.579. The topological polar surface area (TPSA) is 111 Å². The van der Waals surface area contributed by atoms with Gasteiger partial charge >= 0.3 is 0 Å². The number of hydrogen-bond acceptors (Lipinski definition) is 6. The van der Waals surface area contributed by atoms with E-state index in [9.17, 15) is 19.8 Å². The predicted molar refractivity (Wildman–Crippen MR) is 102 cm³/mol. The highest BCUT2D eigenvalue weighted by Crippen LogP contribution is 2.23. The van der Waals surface area contributed by atoms with Crippen molar-refractivity contribution in [3.8, 4) is 0 Å². The molecule has 0 saturated carbocycles. The first-order chi connectivity index (χ1) is 12.7. The van der Waals surface area contributed by atoms with Crippen LogP contribution in [0.15, 0.2) is 24.3 Å². The zero-order valence-electron chi connectivity index (χ0n) is 16.2. The lowest BCUT2D eigenvalue weighted by molar-refractivity contribution is -0.125. The number of benzene rings is 1. The molecular weight excluding hydrogens is 350 g/mol. The summed E-state index contributed by atoms with van der Waals surface area (Å²) in [6.45, 7) is 3.71. The monoisotopic (exact) mass is 379 g/mol. The quantitative estimate of drug-likeness (QED) is 0.526. The molecule has 2 amide bonds. The summed E-state index contributed by atoms with van der Waals surface area (Å²) >= 11 is 0. The van der Waals surface area contributed by atoms with Crippen LogP contribution in [0.5, 0.6) is 0 Å². The minimum absolute atomic E-state index is 0.0186. The number of nitrogens with one attached hydrogen (secondary N) is 2. The second kappa shape index (κ2) is 9.16. The van der Waals surface area contributed by atoms with Gasteiger partial charge in [0.05, 0.1) is 12.5 Å². The van der Waals surface area contributed by atoms with Gasteiger partial charge in [0, 0.05) is 37.9 Å². The number of nitrogens with zero attached hydrogens (tertiary/aromatic N) is 1. The third kappa shape index (κ3) is 5.66. The minimum Gasteiger partial charge on any atom is -0.388 e. The van der Waals surface area contributed by atoms with E-state index in [1.807, 2.05) is 45.0 Å². The molecule has 0 radical (unpaired) electrons. The smallest absolute Gasteiger partial charge is 0.251 e. The average molecular weight is 379 g/mol. The van der Waals surface area contributed by atoms with Gasteiger partial charge in [-0.2, -0.15) is 0 Å². The van der Waals surface area contributed by atoms with Crippen molar-refractivity contribution in [2.75, 3.05) is 25.5 Å². The molecule has 0 bridgehead atoms. The van der Waals surface area contributed by atoms with Crippen molar-refractivity contribution in [1.82, 2.24) is 10.6 Å². The number of aliphatic hydroxyl groups is 2. The summed E-state index contributed by atoms with van der Waals surface area (Å²) < 4.78 is 5.59. The van der Waals surface area contributed by atoms with Crippen molar-refractivity contribution in [1.29, 1.82) is 0 Å². The molecule has 1 aromatic rings. The normalized spacial score (nSPS) is 24.7. The molecule has 8 nitrogen and oxygen atoms in total. The van der Waals surface area contributed by atoms with E-state index in [0.717, 1.165) is 5.69 Å². The van der Waals surface area contributed by atoms with Gasteiger partial charge in [-0.15, -0.1) is 0 Å². The number of carbonyl (C=O) groups excluding carboxylic acids is 2. The molecule has 2 rings (SSSR count). The van der Waals surface area contributed by atoms with E-state index in [0.29, 0.717) is 5.56 Å². The van der Waals surface area contributed by atoms with Gasteiger partial charge in [0.2, 0.25) is 5.91 Å². The zero-order chi connectivity index (χ0) is 20.1. The Hall–Kier alpha value is -2.16. The highest BCUT2D eigenvalue weighted by molar-refractivity contribution is 5.94. The molecule has 4 atom stereocenters. The highest BCUT2D eigenvalue weighted by Gasteiger charge is 2.43. The lowest BCUT2D eigenvalue weighted by atomic mass is 10.1. The van der Waals surface area contributed by atoms with Gasteiger partial charge in [0.1, 0.15) is 18.3 Å². The summed E-state index contributed by atoms with van der Waals surface area (Å²) in [4.78, 5) is 26.0. The molecule has 8 heteroatoms. The van der Waals surface area contributed by atoms with Crippen LogP contribution in [0, 0.1) is 0 Å². The fourth-order valence-corrected chi connectivity index (χ4v) is 2.93. The summed E-state index contributed by atoms with van der Waals surface area (Å²) in [6.07, 6.45) is -3.98. The average Bonchev–Trinajstić information content (AvgIpc) is 2.87. The highest BCUT2D eigenvalue weighted by atomic mass is 16.5. The Morgan fingerprint density at radius 2 is 1.70 bits per heavy atom. The van der Waals surface area contributed by atoms with Crippen molar-refractivity contribution in [3.05, 3.63) is 29.8 Å². The Balaban J connectivity index is 1.87. The van der Waals surface area contributed by atoms with Crippen LogP contribution >= 0.6 is 0 Å². The van der Waals surface area contributed by atoms with Gasteiger partial charge in [0.25, 0.3) is 5.91 Å². The van der Waals surface area contributed by atoms with E-state index in [-0.39, 0.29) is 30.8 Å². The Kier molecular flexibility index (Phi) is 7.18. The van der Waals surface area contributed by atoms with Crippen molar-refractivity contribution in [2.24, 2.45) is 0 Å². The van der Waals surface area contributed by atoms with Crippen LogP contribution in [0.25, 0.3) is 0 Å². The summed E-state index contributed by atoms with van der Waals surface area (Å²) in [5, 5.41) is 25.7. The van der Waals surface area contributed by atoms with Crippen molar-refractivity contribution >= 4 is 17.5 Å². The van der Waals surface area contributed by atoms with Crippen LogP contribution in [0.1, 0.15) is 30.6 Å². The van der Waals surface area contributed by atoms with E-state index in [1.54, 1.807) is 12.1 Å². The standard InChI is InChI=1S/C19H29N3O5/c1-11(2)21-16(23)9-14-17(24)18(25)15(27-14)10-20-19(26)12-5-7-13(8-6-12)22(3)4/h5-8,11,14-15,17-18,24-25H,9-10H2,1-4H3,(H,20,26)(H,21,23)/t14-,15+,17-,18+/m0/s1. The number of ether oxygens (including phenoxy) is 1. The number of amides is 2. The molecule has 1 fully saturated rings. The van der Waals surface area contributed by atoms with Crippen molar-refractivity contribution in [3.63, 3.8) is 0 Å². The first-order valence-corrected chi connectivity index (χ1v) is 9.05. The van der Waals surface area contributed by atoms with Crippen LogP contribution in [0.2, 0.25) is 0 Å². The molecule has 1 aliphatic rings. The molecule has 27 heavy (non-hydrogen) atoms. The lowest BCUT2D eigenvalue weighted by Gasteiger charge is -2.16. The van der Waals surface area contributed by atoms with Gasteiger partial charge in [-0.3, -0.25) is 9.59 Å². The van der Waals surface area contributed by atoms with Crippen molar-refractivity contribution < 1.29 is 24.5 Å². The molecule has 4 N–H and O–H groups in total. The Morgan fingerprint density at radius 1 is 1.11 bits per heavy atom. The molecule has 1 aromatic carbocycles. The maximum atomic E-state index is 12.3. The van der Waals surface area contributed by atoms with Crippen LogP contribution in [0.3, 0.4) is 0 Å². The summed E-state index contributed by atoms with van der Waals surface area (Å²) in [5.74, 6) is -0.557. The second-order valence-electron chi connectivity index (χ2n) is 7.27. The van der Waals surface area contributed by atoms with E-state index < -0.39 is 24.4 Å². The molecule has 0 spiro atoms. The lowest BCUT2D eigenvalue weighted by Crippen LogP contribution is -2.40. The van der Waals surface area contributed by atoms with Crippen LogP contribution in [-0.2, 0) is 9.53 Å². The first kappa shape index (κ1) is 21.1. The third-order valence-corrected chi connectivity index (χ3v) is 4.41. The molecular formula is C19H29N3O5. The Bertz CT molecular complexity index is 647. The third-order valence-electron chi connectivity index (χ3n) is 4.41. The van der Waals surface area contributed by atoms with E-state index in [2.05, 4.69) is 10.6 Å². The summed E-state index contributed by atoms with van der Waals surface area (Å²) in [7, 11) is 3.83. The fourth-order valence-electron chi connectivity index (χ4n) is 2.93. The van der Waals surface area contributed by atoms with Gasteiger partial charge in [-0.1, -0.05) is 0 Å². The molecule has 1 saturated heterocycles. The Morgan fingerprint density at radius 3 is 2.26 bits per heavy atom. The van der Waals surface area contributed by atoms with E-state index in [1.165, 1.54) is 0 Å². The summed E-state index contributed by atoms with van der Waals surface area (Å²) in [6, 6.07) is 7.08. The maximum Gasteiger partial charge on any atom is 0.251 e. The van der Waals surface area contributed by atoms with Crippen LogP contribution in [0.4, 0.5) is 5.69 Å². The van der Waals surface area contributed by atoms with Crippen molar-refractivity contribution in [2.45, 2.75) is 50.7 Å².